The largest absolute Gasteiger partial charge is 0.379 e. The first-order chi connectivity index (χ1) is 6.86. The minimum absolute atomic E-state index is 0.149. The van der Waals surface area contributed by atoms with Gasteiger partial charge in [-0.25, -0.2) is 0 Å². The average molecular weight is 278 g/mol. The lowest BCUT2D eigenvalue weighted by Crippen LogP contribution is -2.51. The fraction of sp³-hybridized carbons (Fsp3) is 0.909. The van der Waals surface area contributed by atoms with Gasteiger partial charge in [-0.1, -0.05) is 22.9 Å². The average Bonchev–Trinajstić information content (AvgIpc) is 2.16. The van der Waals surface area contributed by atoms with Crippen molar-refractivity contribution in [3.63, 3.8) is 0 Å². The summed E-state index contributed by atoms with van der Waals surface area (Å²) in [6, 6.07) is 0. The van der Waals surface area contributed by atoms with E-state index in [2.05, 4.69) is 22.9 Å². The van der Waals surface area contributed by atoms with E-state index in [9.17, 15) is 4.79 Å². The van der Waals surface area contributed by atoms with Gasteiger partial charge in [0.15, 0.2) is 0 Å². The highest BCUT2D eigenvalue weighted by Crippen LogP contribution is 2.25. The topological polar surface area (TPSA) is 29.5 Å². The number of nitrogens with zero attached hydrogens (tertiary/aromatic N) is 1. The predicted octanol–water partition coefficient (Wildman–Crippen LogP) is 2.04. The van der Waals surface area contributed by atoms with Gasteiger partial charge in [0.2, 0.25) is 5.91 Å². The van der Waals surface area contributed by atoms with Gasteiger partial charge in [0.25, 0.3) is 0 Å². The predicted molar refractivity (Wildman–Crippen MR) is 64.2 cm³/mol. The molecule has 0 aromatic carbocycles. The van der Waals surface area contributed by atoms with E-state index < -0.39 is 4.32 Å². The molecule has 4 heteroatoms. The molecule has 0 bridgehead atoms. The maximum Gasteiger partial charge on any atom is 0.238 e. The van der Waals surface area contributed by atoms with Gasteiger partial charge in [-0.15, -0.1) is 0 Å². The second-order valence-corrected chi connectivity index (χ2v) is 6.75. The molecule has 0 spiro atoms. The van der Waals surface area contributed by atoms with Crippen LogP contribution in [-0.4, -0.2) is 41.4 Å². The Labute approximate surface area is 100 Å². The van der Waals surface area contributed by atoms with Gasteiger partial charge < -0.3 is 9.64 Å². The molecule has 1 heterocycles. The molecule has 88 valence electrons. The van der Waals surface area contributed by atoms with Crippen LogP contribution in [0.3, 0.4) is 0 Å². The summed E-state index contributed by atoms with van der Waals surface area (Å²) in [7, 11) is 1.72. The molecule has 0 radical (unpaired) electrons. The third-order valence-electron chi connectivity index (χ3n) is 2.99. The van der Waals surface area contributed by atoms with Crippen LogP contribution in [0.25, 0.3) is 0 Å². The number of methoxy groups -OCH3 is 1. The van der Waals surface area contributed by atoms with Crippen LogP contribution in [0, 0.1) is 5.92 Å². The van der Waals surface area contributed by atoms with Gasteiger partial charge in [-0.3, -0.25) is 4.79 Å². The first-order valence-electron chi connectivity index (χ1n) is 5.37. The quantitative estimate of drug-likeness (QED) is 0.723. The Morgan fingerprint density at radius 3 is 2.60 bits per heavy atom. The Kier molecular flexibility index (Phi) is 4.18. The second kappa shape index (κ2) is 4.83. The van der Waals surface area contributed by atoms with E-state index in [1.54, 1.807) is 7.11 Å². The van der Waals surface area contributed by atoms with Crippen molar-refractivity contribution in [1.29, 1.82) is 0 Å². The monoisotopic (exact) mass is 277 g/mol. The van der Waals surface area contributed by atoms with Crippen LogP contribution in [0.4, 0.5) is 0 Å². The Morgan fingerprint density at radius 1 is 1.53 bits per heavy atom. The zero-order valence-electron chi connectivity index (χ0n) is 9.92. The zero-order chi connectivity index (χ0) is 11.6. The van der Waals surface area contributed by atoms with Crippen molar-refractivity contribution in [1.82, 2.24) is 4.90 Å². The number of piperidine rings is 1. The summed E-state index contributed by atoms with van der Waals surface area (Å²) in [6.07, 6.45) is 1.20. The third kappa shape index (κ3) is 3.18. The summed E-state index contributed by atoms with van der Waals surface area (Å²) in [4.78, 5) is 13.9. The van der Waals surface area contributed by atoms with Gasteiger partial charge in [0.1, 0.15) is 0 Å². The van der Waals surface area contributed by atoms with E-state index in [1.165, 1.54) is 0 Å². The fourth-order valence-electron chi connectivity index (χ4n) is 1.90. The summed E-state index contributed by atoms with van der Waals surface area (Å²) in [5.41, 5.74) is 0. The maximum atomic E-state index is 12.0. The van der Waals surface area contributed by atoms with Gasteiger partial charge in [0.05, 0.1) is 10.4 Å². The number of alkyl halides is 1. The van der Waals surface area contributed by atoms with E-state index in [0.717, 1.165) is 13.0 Å². The van der Waals surface area contributed by atoms with Crippen LogP contribution < -0.4 is 0 Å². The zero-order valence-corrected chi connectivity index (χ0v) is 11.5. The smallest absolute Gasteiger partial charge is 0.238 e. The number of amides is 1. The summed E-state index contributed by atoms with van der Waals surface area (Å²) in [5.74, 6) is 0.689. The molecule has 2 unspecified atom stereocenters. The molecule has 0 aliphatic carbocycles. The Bertz CT molecular complexity index is 237. The highest BCUT2D eigenvalue weighted by molar-refractivity contribution is 9.10. The van der Waals surface area contributed by atoms with Gasteiger partial charge >= 0.3 is 0 Å². The van der Waals surface area contributed by atoms with E-state index in [0.29, 0.717) is 12.5 Å². The molecule has 0 aromatic rings. The van der Waals surface area contributed by atoms with Crippen LogP contribution in [0.1, 0.15) is 27.2 Å². The van der Waals surface area contributed by atoms with Crippen LogP contribution >= 0.6 is 15.9 Å². The van der Waals surface area contributed by atoms with Crippen molar-refractivity contribution in [3.05, 3.63) is 0 Å². The number of ether oxygens (including phenoxy) is 1. The Hall–Kier alpha value is -0.0900. The van der Waals surface area contributed by atoms with Crippen LogP contribution in [0.15, 0.2) is 0 Å². The molecular formula is C11H20BrNO2. The van der Waals surface area contributed by atoms with E-state index in [4.69, 9.17) is 4.74 Å². The Balaban J connectivity index is 2.62. The number of halogens is 1. The van der Waals surface area contributed by atoms with Crippen molar-refractivity contribution in [2.75, 3.05) is 20.2 Å². The molecule has 1 rings (SSSR count). The Morgan fingerprint density at radius 2 is 2.13 bits per heavy atom. The molecule has 0 saturated carbocycles. The van der Waals surface area contributed by atoms with Crippen LogP contribution in [-0.2, 0) is 9.53 Å². The van der Waals surface area contributed by atoms with Gasteiger partial charge in [0, 0.05) is 20.2 Å². The number of likely N-dealkylation sites (tertiary alicyclic amines) is 1. The number of hydrogen-bond donors (Lipinski definition) is 0. The summed E-state index contributed by atoms with van der Waals surface area (Å²) in [6.45, 7) is 7.50. The molecule has 1 saturated heterocycles. The minimum Gasteiger partial charge on any atom is -0.379 e. The molecular weight excluding hydrogens is 258 g/mol. The molecule has 3 nitrogen and oxygen atoms in total. The SMILES string of the molecule is COC1CN(C(=O)C(C)(C)Br)CCC1C. The van der Waals surface area contributed by atoms with Crippen LogP contribution in [0.5, 0.6) is 0 Å². The molecule has 1 fully saturated rings. The normalized spacial score (nSPS) is 27.9. The van der Waals surface area contributed by atoms with Crippen molar-refractivity contribution in [2.45, 2.75) is 37.6 Å². The standard InChI is InChI=1S/C11H20BrNO2/c1-8-5-6-13(7-9(8)15-4)10(14)11(2,3)12/h8-9H,5-7H2,1-4H3. The second-order valence-electron chi connectivity index (χ2n) is 4.76. The minimum atomic E-state index is -0.466. The highest BCUT2D eigenvalue weighted by atomic mass is 79.9. The summed E-state index contributed by atoms with van der Waals surface area (Å²) >= 11 is 3.40. The van der Waals surface area contributed by atoms with Crippen molar-refractivity contribution in [3.8, 4) is 0 Å². The molecule has 1 amide bonds. The molecule has 1 aliphatic heterocycles. The van der Waals surface area contributed by atoms with Crippen LogP contribution in [0.2, 0.25) is 0 Å². The van der Waals surface area contributed by atoms with E-state index in [-0.39, 0.29) is 12.0 Å². The lowest BCUT2D eigenvalue weighted by molar-refractivity contribution is -0.137. The van der Waals surface area contributed by atoms with E-state index >= 15 is 0 Å². The molecule has 0 N–H and O–H groups in total. The first kappa shape index (κ1) is 13.0. The highest BCUT2D eigenvalue weighted by Gasteiger charge is 2.34. The third-order valence-corrected chi connectivity index (χ3v) is 3.33. The fourth-order valence-corrected chi connectivity index (χ4v) is 2.15. The number of rotatable bonds is 2. The van der Waals surface area contributed by atoms with Crippen molar-refractivity contribution < 1.29 is 9.53 Å². The number of carbonyl (C=O) groups is 1. The van der Waals surface area contributed by atoms with Crippen molar-refractivity contribution >= 4 is 21.8 Å². The molecule has 15 heavy (non-hydrogen) atoms. The number of hydrogen-bond acceptors (Lipinski definition) is 2. The lowest BCUT2D eigenvalue weighted by Gasteiger charge is -2.38. The molecule has 1 aliphatic rings. The molecule has 0 aromatic heterocycles. The van der Waals surface area contributed by atoms with Gasteiger partial charge in [-0.2, -0.15) is 0 Å². The lowest BCUT2D eigenvalue weighted by atomic mass is 9.95. The summed E-state index contributed by atoms with van der Waals surface area (Å²) < 4.78 is 4.92. The molecule has 2 atom stereocenters. The number of carbonyl (C=O) groups excluding carboxylic acids is 1. The van der Waals surface area contributed by atoms with Gasteiger partial charge in [-0.05, 0) is 26.2 Å². The van der Waals surface area contributed by atoms with E-state index in [1.807, 2.05) is 18.7 Å². The van der Waals surface area contributed by atoms with Crippen molar-refractivity contribution in [2.24, 2.45) is 5.92 Å². The first-order valence-corrected chi connectivity index (χ1v) is 6.16. The maximum absolute atomic E-state index is 12.0. The summed E-state index contributed by atoms with van der Waals surface area (Å²) in [5, 5.41) is 0.